The van der Waals surface area contributed by atoms with Gasteiger partial charge in [0.05, 0.1) is 16.3 Å². The highest BCUT2D eigenvalue weighted by Gasteiger charge is 2.09. The smallest absolute Gasteiger partial charge is 0.257 e. The van der Waals surface area contributed by atoms with Crippen LogP contribution in [0, 0.1) is 0 Å². The molecule has 0 atom stereocenters. The number of benzene rings is 1. The molecule has 1 amide bonds. The summed E-state index contributed by atoms with van der Waals surface area (Å²) >= 11 is 9.39. The van der Waals surface area contributed by atoms with Crippen molar-refractivity contribution in [1.82, 2.24) is 4.98 Å². The van der Waals surface area contributed by atoms with Gasteiger partial charge in [0.1, 0.15) is 5.82 Å². The summed E-state index contributed by atoms with van der Waals surface area (Å²) in [5.74, 6) is 0.512. The fraction of sp³-hybridized carbons (Fsp3) is 0.200. The van der Waals surface area contributed by atoms with Gasteiger partial charge in [-0.15, -0.1) is 0 Å². The van der Waals surface area contributed by atoms with Crippen LogP contribution in [0.2, 0.25) is 5.02 Å². The topological polar surface area (TPSA) is 54.0 Å². The fourth-order valence-corrected chi connectivity index (χ4v) is 2.20. The standard InChI is InChI=1S/C15H15BrClN3O/c1-2-7-18-14-6-3-10(9-19-14)15(21)20-13-8-11(16)4-5-12(13)17/h3-6,8-9H,2,7H2,1H3,(H,18,19)(H,20,21). The summed E-state index contributed by atoms with van der Waals surface area (Å²) in [6, 6.07) is 8.80. The maximum Gasteiger partial charge on any atom is 0.257 e. The Hall–Kier alpha value is -1.59. The van der Waals surface area contributed by atoms with Gasteiger partial charge in [-0.2, -0.15) is 0 Å². The van der Waals surface area contributed by atoms with E-state index in [-0.39, 0.29) is 5.91 Å². The number of rotatable bonds is 5. The summed E-state index contributed by atoms with van der Waals surface area (Å²) in [7, 11) is 0. The molecule has 0 saturated heterocycles. The Balaban J connectivity index is 2.07. The second-order valence-corrected chi connectivity index (χ2v) is 5.76. The highest BCUT2D eigenvalue weighted by molar-refractivity contribution is 9.10. The molecule has 0 aliphatic carbocycles. The lowest BCUT2D eigenvalue weighted by Gasteiger charge is -2.08. The Bertz CT molecular complexity index is 631. The Labute approximate surface area is 137 Å². The number of carbonyl (C=O) groups is 1. The van der Waals surface area contributed by atoms with E-state index in [9.17, 15) is 4.79 Å². The maximum atomic E-state index is 12.2. The zero-order valence-electron chi connectivity index (χ0n) is 11.5. The van der Waals surface area contributed by atoms with Gasteiger partial charge in [0.15, 0.2) is 0 Å². The van der Waals surface area contributed by atoms with Crippen molar-refractivity contribution < 1.29 is 4.79 Å². The molecule has 0 aliphatic rings. The van der Waals surface area contributed by atoms with Crippen LogP contribution in [0.25, 0.3) is 0 Å². The van der Waals surface area contributed by atoms with E-state index in [2.05, 4.69) is 38.5 Å². The molecule has 0 radical (unpaired) electrons. The van der Waals surface area contributed by atoms with E-state index in [1.54, 1.807) is 30.5 Å². The van der Waals surface area contributed by atoms with Crippen LogP contribution in [0.4, 0.5) is 11.5 Å². The molecule has 6 heteroatoms. The molecule has 2 N–H and O–H groups in total. The zero-order chi connectivity index (χ0) is 15.2. The van der Waals surface area contributed by atoms with Gasteiger partial charge >= 0.3 is 0 Å². The maximum absolute atomic E-state index is 12.2. The molecule has 0 bridgehead atoms. The van der Waals surface area contributed by atoms with Crippen LogP contribution >= 0.6 is 27.5 Å². The van der Waals surface area contributed by atoms with Gasteiger partial charge in [-0.05, 0) is 36.8 Å². The number of halogens is 2. The molecule has 2 rings (SSSR count). The van der Waals surface area contributed by atoms with Gasteiger partial charge in [-0.25, -0.2) is 4.98 Å². The van der Waals surface area contributed by atoms with Gasteiger partial charge in [-0.3, -0.25) is 4.79 Å². The van der Waals surface area contributed by atoms with Crippen LogP contribution in [0.15, 0.2) is 41.0 Å². The number of anilines is 2. The van der Waals surface area contributed by atoms with Crippen molar-refractivity contribution in [3.63, 3.8) is 0 Å². The van der Waals surface area contributed by atoms with E-state index in [1.807, 2.05) is 6.07 Å². The lowest BCUT2D eigenvalue weighted by molar-refractivity contribution is 0.102. The zero-order valence-corrected chi connectivity index (χ0v) is 13.8. The van der Waals surface area contributed by atoms with Crippen LogP contribution in [0.3, 0.4) is 0 Å². The van der Waals surface area contributed by atoms with E-state index in [0.29, 0.717) is 16.3 Å². The number of hydrogen-bond acceptors (Lipinski definition) is 3. The molecule has 1 heterocycles. The molecule has 0 aliphatic heterocycles. The molecule has 0 saturated carbocycles. The van der Waals surface area contributed by atoms with Crippen molar-refractivity contribution in [2.45, 2.75) is 13.3 Å². The molecule has 110 valence electrons. The average Bonchev–Trinajstić information content (AvgIpc) is 2.49. The summed E-state index contributed by atoms with van der Waals surface area (Å²) in [4.78, 5) is 16.4. The highest BCUT2D eigenvalue weighted by atomic mass is 79.9. The molecule has 1 aromatic carbocycles. The molecular weight excluding hydrogens is 354 g/mol. The fourth-order valence-electron chi connectivity index (χ4n) is 1.67. The second-order valence-electron chi connectivity index (χ2n) is 4.44. The lowest BCUT2D eigenvalue weighted by Crippen LogP contribution is -2.13. The lowest BCUT2D eigenvalue weighted by atomic mass is 10.2. The number of carbonyl (C=O) groups excluding carboxylic acids is 1. The summed E-state index contributed by atoms with van der Waals surface area (Å²) in [5.41, 5.74) is 1.04. The first-order chi connectivity index (χ1) is 10.1. The first-order valence-corrected chi connectivity index (χ1v) is 7.73. The Morgan fingerprint density at radius 2 is 2.14 bits per heavy atom. The van der Waals surface area contributed by atoms with Crippen LogP contribution in [0.1, 0.15) is 23.7 Å². The quantitative estimate of drug-likeness (QED) is 0.812. The van der Waals surface area contributed by atoms with E-state index >= 15 is 0 Å². The Morgan fingerprint density at radius 3 is 2.81 bits per heavy atom. The predicted molar refractivity (Wildman–Crippen MR) is 90.1 cm³/mol. The minimum atomic E-state index is -0.246. The molecular formula is C15H15BrClN3O. The third-order valence-electron chi connectivity index (χ3n) is 2.76. The minimum Gasteiger partial charge on any atom is -0.370 e. The van der Waals surface area contributed by atoms with E-state index in [1.165, 1.54) is 0 Å². The first-order valence-electron chi connectivity index (χ1n) is 6.56. The number of aromatic nitrogens is 1. The van der Waals surface area contributed by atoms with Gasteiger partial charge < -0.3 is 10.6 Å². The van der Waals surface area contributed by atoms with Crippen LogP contribution in [0.5, 0.6) is 0 Å². The van der Waals surface area contributed by atoms with Gasteiger partial charge in [0, 0.05) is 17.2 Å². The Kier molecular flexibility index (Phi) is 5.59. The molecule has 1 aromatic heterocycles. The van der Waals surface area contributed by atoms with Gasteiger partial charge in [0.25, 0.3) is 5.91 Å². The predicted octanol–water partition coefficient (Wildman–Crippen LogP) is 4.57. The second kappa shape index (κ2) is 7.43. The third kappa shape index (κ3) is 4.44. The Morgan fingerprint density at radius 1 is 1.33 bits per heavy atom. The van der Waals surface area contributed by atoms with Crippen molar-refractivity contribution in [3.05, 3.63) is 51.6 Å². The largest absolute Gasteiger partial charge is 0.370 e. The summed E-state index contributed by atoms with van der Waals surface area (Å²) in [6.45, 7) is 2.93. The van der Waals surface area contributed by atoms with Crippen LogP contribution in [-0.2, 0) is 0 Å². The average molecular weight is 369 g/mol. The molecule has 4 nitrogen and oxygen atoms in total. The minimum absolute atomic E-state index is 0.246. The number of nitrogens with zero attached hydrogens (tertiary/aromatic N) is 1. The van der Waals surface area contributed by atoms with Gasteiger partial charge in [-0.1, -0.05) is 34.5 Å². The van der Waals surface area contributed by atoms with E-state index in [0.717, 1.165) is 23.3 Å². The number of pyridine rings is 1. The molecule has 0 fully saturated rings. The summed E-state index contributed by atoms with van der Waals surface area (Å²) in [6.07, 6.45) is 2.56. The van der Waals surface area contributed by atoms with Crippen molar-refractivity contribution in [2.24, 2.45) is 0 Å². The number of nitrogens with one attached hydrogen (secondary N) is 2. The molecule has 0 unspecified atom stereocenters. The van der Waals surface area contributed by atoms with Crippen LogP contribution in [-0.4, -0.2) is 17.4 Å². The van der Waals surface area contributed by atoms with Crippen molar-refractivity contribution in [3.8, 4) is 0 Å². The van der Waals surface area contributed by atoms with E-state index in [4.69, 9.17) is 11.6 Å². The van der Waals surface area contributed by atoms with Gasteiger partial charge in [0.2, 0.25) is 0 Å². The highest BCUT2D eigenvalue weighted by Crippen LogP contribution is 2.26. The molecule has 0 spiro atoms. The monoisotopic (exact) mass is 367 g/mol. The van der Waals surface area contributed by atoms with Crippen molar-refractivity contribution in [2.75, 3.05) is 17.2 Å². The summed E-state index contributed by atoms with van der Waals surface area (Å²) < 4.78 is 0.847. The van der Waals surface area contributed by atoms with Crippen molar-refractivity contribution >= 4 is 44.9 Å². The summed E-state index contributed by atoms with van der Waals surface area (Å²) in [5, 5.41) is 6.41. The van der Waals surface area contributed by atoms with Crippen molar-refractivity contribution in [1.29, 1.82) is 0 Å². The molecule has 21 heavy (non-hydrogen) atoms. The normalized spacial score (nSPS) is 10.2. The molecule has 2 aromatic rings. The third-order valence-corrected chi connectivity index (χ3v) is 3.58. The van der Waals surface area contributed by atoms with Crippen LogP contribution < -0.4 is 10.6 Å². The SMILES string of the molecule is CCCNc1ccc(C(=O)Nc2cc(Br)ccc2Cl)cn1. The van der Waals surface area contributed by atoms with E-state index < -0.39 is 0 Å². The number of hydrogen-bond donors (Lipinski definition) is 2. The first kappa shape index (κ1) is 15.8. The number of amides is 1.